The van der Waals surface area contributed by atoms with Crippen molar-refractivity contribution in [1.82, 2.24) is 0 Å². The number of hydrogen-bond donors (Lipinski definition) is 0. The first-order valence-electron chi connectivity index (χ1n) is 7.44. The molecule has 1 heterocycles. The molecule has 0 saturated carbocycles. The molecule has 1 aliphatic heterocycles. The second-order valence-corrected chi connectivity index (χ2v) is 6.12. The average Bonchev–Trinajstić information content (AvgIpc) is 3.31. The van der Waals surface area contributed by atoms with Gasteiger partial charge in [0.25, 0.3) is 0 Å². The number of fused-ring (bicyclic) bond motifs is 4. The van der Waals surface area contributed by atoms with E-state index in [1.54, 1.807) is 0 Å². The van der Waals surface area contributed by atoms with E-state index in [-0.39, 0.29) is 6.10 Å². The molecule has 0 radical (unpaired) electrons. The lowest BCUT2D eigenvalue weighted by molar-refractivity contribution is 0.396. The van der Waals surface area contributed by atoms with E-state index in [1.807, 2.05) is 0 Å². The number of benzene rings is 4. The minimum Gasteiger partial charge on any atom is -0.360 e. The van der Waals surface area contributed by atoms with Crippen molar-refractivity contribution in [3.63, 3.8) is 0 Å². The Bertz CT molecular complexity index is 1060. The molecule has 4 aromatic rings. The van der Waals surface area contributed by atoms with Crippen LogP contribution in [0.3, 0.4) is 0 Å². The quantitative estimate of drug-likeness (QED) is 0.321. The van der Waals surface area contributed by atoms with Gasteiger partial charge in [0.2, 0.25) is 0 Å². The van der Waals surface area contributed by atoms with E-state index >= 15 is 0 Å². The maximum absolute atomic E-state index is 5.81. The van der Waals surface area contributed by atoms with Gasteiger partial charge in [-0.25, -0.2) is 0 Å². The van der Waals surface area contributed by atoms with Gasteiger partial charge < -0.3 is 4.74 Å². The van der Waals surface area contributed by atoms with Gasteiger partial charge in [-0.15, -0.1) is 0 Å². The van der Waals surface area contributed by atoms with Gasteiger partial charge in [-0.05, 0) is 49.5 Å². The third-order valence-electron chi connectivity index (χ3n) is 5.00. The molecule has 1 fully saturated rings. The van der Waals surface area contributed by atoms with Crippen molar-refractivity contribution in [2.45, 2.75) is 12.2 Å². The molecule has 6 rings (SSSR count). The Labute approximate surface area is 121 Å². The zero-order valence-electron chi connectivity index (χ0n) is 11.3. The summed E-state index contributed by atoms with van der Waals surface area (Å²) in [7, 11) is 0. The lowest BCUT2D eigenvalue weighted by Crippen LogP contribution is -1.98. The third kappa shape index (κ3) is 1.17. The van der Waals surface area contributed by atoms with E-state index in [9.17, 15) is 0 Å². The summed E-state index contributed by atoms with van der Waals surface area (Å²) < 4.78 is 5.81. The van der Waals surface area contributed by atoms with Crippen LogP contribution < -0.4 is 0 Å². The summed E-state index contributed by atoms with van der Waals surface area (Å²) >= 11 is 0. The summed E-state index contributed by atoms with van der Waals surface area (Å²) in [6, 6.07) is 17.9. The minimum atomic E-state index is 0.273. The van der Waals surface area contributed by atoms with Crippen molar-refractivity contribution in [2.24, 2.45) is 0 Å². The van der Waals surface area contributed by atoms with Crippen molar-refractivity contribution < 1.29 is 4.74 Å². The molecule has 0 bridgehead atoms. The minimum absolute atomic E-state index is 0.273. The SMILES string of the molecule is C1=C[C@@H]2O[C@@H]2c2c1cc1ccc3cccc4ccc2c1c34. The summed E-state index contributed by atoms with van der Waals surface area (Å²) in [6.07, 6.45) is 4.98. The number of ether oxygens (including phenoxy) is 1. The normalized spacial score (nSPS) is 22.9. The van der Waals surface area contributed by atoms with E-state index in [0.29, 0.717) is 6.10 Å². The van der Waals surface area contributed by atoms with Crippen LogP contribution in [0.4, 0.5) is 0 Å². The van der Waals surface area contributed by atoms with E-state index in [4.69, 9.17) is 4.74 Å². The molecule has 2 atom stereocenters. The monoisotopic (exact) mass is 268 g/mol. The summed E-state index contributed by atoms with van der Waals surface area (Å²) in [5.41, 5.74) is 2.70. The van der Waals surface area contributed by atoms with Gasteiger partial charge in [0, 0.05) is 0 Å². The van der Waals surface area contributed by atoms with E-state index < -0.39 is 0 Å². The Kier molecular flexibility index (Phi) is 1.61. The topological polar surface area (TPSA) is 12.5 Å². The first-order valence-corrected chi connectivity index (χ1v) is 7.44. The van der Waals surface area contributed by atoms with Gasteiger partial charge in [0.15, 0.2) is 0 Å². The molecule has 0 amide bonds. The molecule has 1 aliphatic carbocycles. The molecule has 0 N–H and O–H groups in total. The molecular formula is C20H12O. The highest BCUT2D eigenvalue weighted by Gasteiger charge is 2.42. The Morgan fingerprint density at radius 2 is 1.62 bits per heavy atom. The fourth-order valence-corrected chi connectivity index (χ4v) is 4.01. The maximum Gasteiger partial charge on any atom is 0.114 e. The van der Waals surface area contributed by atoms with Gasteiger partial charge in [-0.1, -0.05) is 54.6 Å². The highest BCUT2D eigenvalue weighted by Crippen LogP contribution is 2.50. The van der Waals surface area contributed by atoms with Gasteiger partial charge in [-0.2, -0.15) is 0 Å². The van der Waals surface area contributed by atoms with Crippen molar-refractivity contribution in [3.05, 3.63) is 65.7 Å². The van der Waals surface area contributed by atoms with Crippen LogP contribution >= 0.6 is 0 Å². The molecule has 2 aliphatic rings. The zero-order valence-corrected chi connectivity index (χ0v) is 11.3. The first-order chi connectivity index (χ1) is 10.4. The highest BCUT2D eigenvalue weighted by atomic mass is 16.6. The van der Waals surface area contributed by atoms with E-state index in [2.05, 4.69) is 60.7 Å². The van der Waals surface area contributed by atoms with Crippen LogP contribution in [-0.4, -0.2) is 6.10 Å². The summed E-state index contributed by atoms with van der Waals surface area (Å²) in [5.74, 6) is 0. The number of rotatable bonds is 0. The molecule has 1 saturated heterocycles. The van der Waals surface area contributed by atoms with Crippen LogP contribution in [0.2, 0.25) is 0 Å². The Morgan fingerprint density at radius 1 is 0.810 bits per heavy atom. The number of hydrogen-bond acceptors (Lipinski definition) is 1. The Balaban J connectivity index is 1.94. The van der Waals surface area contributed by atoms with Crippen LogP contribution in [0.5, 0.6) is 0 Å². The molecule has 0 unspecified atom stereocenters. The van der Waals surface area contributed by atoms with Crippen molar-refractivity contribution >= 4 is 38.4 Å². The molecule has 1 nitrogen and oxygen atoms in total. The molecular weight excluding hydrogens is 256 g/mol. The molecule has 1 heteroatoms. The largest absolute Gasteiger partial charge is 0.360 e. The fraction of sp³-hybridized carbons (Fsp3) is 0.100. The Hall–Kier alpha value is -2.38. The Morgan fingerprint density at radius 3 is 2.52 bits per heavy atom. The lowest BCUT2D eigenvalue weighted by atomic mass is 9.86. The lowest BCUT2D eigenvalue weighted by Gasteiger charge is -2.16. The van der Waals surface area contributed by atoms with Crippen LogP contribution in [0, 0.1) is 0 Å². The summed E-state index contributed by atoms with van der Waals surface area (Å²) in [6.45, 7) is 0. The predicted octanol–water partition coefficient (Wildman–Crippen LogP) is 5.05. The molecule has 4 aromatic carbocycles. The average molecular weight is 268 g/mol. The predicted molar refractivity (Wildman–Crippen MR) is 86.8 cm³/mol. The number of epoxide rings is 1. The van der Waals surface area contributed by atoms with Crippen molar-refractivity contribution in [1.29, 1.82) is 0 Å². The van der Waals surface area contributed by atoms with E-state index in [0.717, 1.165) is 0 Å². The summed E-state index contributed by atoms with van der Waals surface area (Å²) in [5, 5.41) is 8.13. The van der Waals surface area contributed by atoms with Crippen LogP contribution in [0.15, 0.2) is 54.6 Å². The van der Waals surface area contributed by atoms with Crippen LogP contribution in [0.25, 0.3) is 38.4 Å². The molecule has 98 valence electrons. The fourth-order valence-electron chi connectivity index (χ4n) is 4.01. The van der Waals surface area contributed by atoms with Crippen molar-refractivity contribution in [2.75, 3.05) is 0 Å². The second-order valence-electron chi connectivity index (χ2n) is 6.12. The van der Waals surface area contributed by atoms with Gasteiger partial charge in [0.05, 0.1) is 0 Å². The first kappa shape index (κ1) is 10.4. The van der Waals surface area contributed by atoms with Crippen LogP contribution in [-0.2, 0) is 4.74 Å². The smallest absolute Gasteiger partial charge is 0.114 e. The maximum atomic E-state index is 5.81. The van der Waals surface area contributed by atoms with Gasteiger partial charge >= 0.3 is 0 Å². The molecule has 0 aromatic heterocycles. The van der Waals surface area contributed by atoms with Crippen molar-refractivity contribution in [3.8, 4) is 0 Å². The second kappa shape index (κ2) is 3.26. The zero-order chi connectivity index (χ0) is 13.6. The standard InChI is InChI=1S/C20H12O/c1-2-11-4-5-13-10-14-7-9-16-20(21-16)19(14)15-8-6-12(3-1)17(11)18(13)15/h1-10,16,20H/t16-,20-/m0/s1. The van der Waals surface area contributed by atoms with E-state index in [1.165, 1.54) is 43.4 Å². The third-order valence-corrected chi connectivity index (χ3v) is 5.00. The van der Waals surface area contributed by atoms with Crippen LogP contribution in [0.1, 0.15) is 17.2 Å². The summed E-state index contributed by atoms with van der Waals surface area (Å²) in [4.78, 5) is 0. The van der Waals surface area contributed by atoms with Gasteiger partial charge in [0.1, 0.15) is 12.2 Å². The molecule has 0 spiro atoms. The molecule has 21 heavy (non-hydrogen) atoms. The highest BCUT2D eigenvalue weighted by molar-refractivity contribution is 6.24. The van der Waals surface area contributed by atoms with Gasteiger partial charge in [-0.3, -0.25) is 0 Å².